The number of hydrogen-bond donors (Lipinski definition) is 0. The van der Waals surface area contributed by atoms with E-state index < -0.39 is 0 Å². The molecule has 4 heterocycles. The van der Waals surface area contributed by atoms with Crippen molar-refractivity contribution < 1.29 is 9.47 Å². The second-order valence-electron chi connectivity index (χ2n) is 7.75. The summed E-state index contributed by atoms with van der Waals surface area (Å²) in [5.74, 6) is 2.98. The lowest BCUT2D eigenvalue weighted by Crippen LogP contribution is -2.33. The minimum Gasteiger partial charge on any atom is -0.493 e. The zero-order chi connectivity index (χ0) is 21.2. The van der Waals surface area contributed by atoms with Crippen LogP contribution in [0.15, 0.2) is 48.0 Å². The quantitative estimate of drug-likeness (QED) is 0.451. The molecule has 1 aliphatic heterocycles. The number of methoxy groups -OCH3 is 2. The average molecular weight is 436 g/mol. The SMILES string of the molecule is COc1ccc(-c2nc(CN3CCC(c4nnc5ccccn45)CC3)cs2)cc1OC. The Bertz CT molecular complexity index is 1180. The zero-order valence-corrected chi connectivity index (χ0v) is 18.5. The second kappa shape index (κ2) is 8.64. The van der Waals surface area contributed by atoms with E-state index in [-0.39, 0.29) is 0 Å². The average Bonchev–Trinajstić information content (AvgIpc) is 3.46. The van der Waals surface area contributed by atoms with E-state index in [1.807, 2.05) is 36.4 Å². The van der Waals surface area contributed by atoms with Crippen LogP contribution in [0.5, 0.6) is 11.5 Å². The molecule has 7 nitrogen and oxygen atoms in total. The van der Waals surface area contributed by atoms with Crippen LogP contribution in [0.1, 0.15) is 30.3 Å². The first-order chi connectivity index (χ1) is 15.2. The van der Waals surface area contributed by atoms with Gasteiger partial charge >= 0.3 is 0 Å². The Labute approximate surface area is 185 Å². The van der Waals surface area contributed by atoms with E-state index in [9.17, 15) is 0 Å². The first-order valence-corrected chi connectivity index (χ1v) is 11.3. The highest BCUT2D eigenvalue weighted by Gasteiger charge is 2.25. The molecule has 1 aromatic carbocycles. The van der Waals surface area contributed by atoms with E-state index in [0.29, 0.717) is 5.92 Å². The van der Waals surface area contributed by atoms with Crippen molar-refractivity contribution in [2.45, 2.75) is 25.3 Å². The lowest BCUT2D eigenvalue weighted by Gasteiger charge is -2.30. The Morgan fingerprint density at radius 1 is 1.03 bits per heavy atom. The monoisotopic (exact) mass is 435 g/mol. The molecule has 0 saturated carbocycles. The van der Waals surface area contributed by atoms with E-state index in [0.717, 1.165) is 71.7 Å². The number of thiazole rings is 1. The summed E-state index contributed by atoms with van der Waals surface area (Å²) in [5, 5.41) is 11.9. The van der Waals surface area contributed by atoms with Crippen molar-refractivity contribution in [3.63, 3.8) is 0 Å². The molecule has 8 heteroatoms. The van der Waals surface area contributed by atoms with Gasteiger partial charge in [0.1, 0.15) is 10.8 Å². The van der Waals surface area contributed by atoms with Gasteiger partial charge < -0.3 is 9.47 Å². The number of aromatic nitrogens is 4. The molecule has 4 aromatic rings. The summed E-state index contributed by atoms with van der Waals surface area (Å²) in [6, 6.07) is 12.0. The van der Waals surface area contributed by atoms with Gasteiger partial charge in [0.2, 0.25) is 0 Å². The molecule has 1 aliphatic rings. The van der Waals surface area contributed by atoms with Gasteiger partial charge in [-0.15, -0.1) is 21.5 Å². The van der Waals surface area contributed by atoms with E-state index in [1.165, 1.54) is 0 Å². The van der Waals surface area contributed by atoms with Crippen molar-refractivity contribution in [2.24, 2.45) is 0 Å². The standard InChI is InChI=1S/C23H25N5O2S/c1-29-19-7-6-17(13-20(19)30-2)23-24-18(15-31-23)14-27-11-8-16(9-12-27)22-26-25-21-5-3-4-10-28(21)22/h3-7,10,13,15-16H,8-9,11-12,14H2,1-2H3. The molecule has 0 spiro atoms. The van der Waals surface area contributed by atoms with Crippen LogP contribution in [-0.4, -0.2) is 51.8 Å². The Morgan fingerprint density at radius 3 is 2.68 bits per heavy atom. The third-order valence-electron chi connectivity index (χ3n) is 5.86. The topological polar surface area (TPSA) is 64.8 Å². The number of rotatable bonds is 6. The summed E-state index contributed by atoms with van der Waals surface area (Å²) in [6.07, 6.45) is 4.23. The molecule has 31 heavy (non-hydrogen) atoms. The molecule has 1 fully saturated rings. The van der Waals surface area contributed by atoms with Gasteiger partial charge in [-0.3, -0.25) is 9.30 Å². The highest BCUT2D eigenvalue weighted by atomic mass is 32.1. The Hall–Kier alpha value is -2.97. The number of benzene rings is 1. The zero-order valence-electron chi connectivity index (χ0n) is 17.7. The molecule has 160 valence electrons. The van der Waals surface area contributed by atoms with Crippen molar-refractivity contribution in [1.29, 1.82) is 0 Å². The van der Waals surface area contributed by atoms with Crippen LogP contribution < -0.4 is 9.47 Å². The third-order valence-corrected chi connectivity index (χ3v) is 6.80. The van der Waals surface area contributed by atoms with Gasteiger partial charge in [0.05, 0.1) is 19.9 Å². The summed E-state index contributed by atoms with van der Waals surface area (Å²) in [5.41, 5.74) is 3.08. The molecular weight excluding hydrogens is 410 g/mol. The summed E-state index contributed by atoms with van der Waals surface area (Å²) in [4.78, 5) is 7.35. The van der Waals surface area contributed by atoms with Crippen LogP contribution in [0.25, 0.3) is 16.2 Å². The van der Waals surface area contributed by atoms with Gasteiger partial charge in [0.25, 0.3) is 0 Å². The van der Waals surface area contributed by atoms with Crippen LogP contribution in [-0.2, 0) is 6.54 Å². The van der Waals surface area contributed by atoms with Crippen molar-refractivity contribution in [3.05, 3.63) is 59.5 Å². The molecule has 0 N–H and O–H groups in total. The molecule has 0 unspecified atom stereocenters. The third kappa shape index (κ3) is 4.00. The van der Waals surface area contributed by atoms with Crippen molar-refractivity contribution in [2.75, 3.05) is 27.3 Å². The first-order valence-electron chi connectivity index (χ1n) is 10.4. The van der Waals surface area contributed by atoms with Crippen LogP contribution in [0.3, 0.4) is 0 Å². The number of fused-ring (bicyclic) bond motifs is 1. The molecule has 0 atom stereocenters. The molecule has 5 rings (SSSR count). The smallest absolute Gasteiger partial charge is 0.161 e. The van der Waals surface area contributed by atoms with E-state index in [4.69, 9.17) is 14.5 Å². The van der Waals surface area contributed by atoms with Crippen molar-refractivity contribution >= 4 is 17.0 Å². The van der Waals surface area contributed by atoms with E-state index in [2.05, 4.69) is 31.1 Å². The first kappa shape index (κ1) is 20.0. The summed E-state index contributed by atoms with van der Waals surface area (Å²) in [6.45, 7) is 2.95. The van der Waals surface area contributed by atoms with Gasteiger partial charge in [-0.05, 0) is 56.3 Å². The maximum atomic E-state index is 5.43. The molecule has 0 bridgehead atoms. The normalized spacial score (nSPS) is 15.4. The van der Waals surface area contributed by atoms with Crippen LogP contribution in [0.2, 0.25) is 0 Å². The van der Waals surface area contributed by atoms with E-state index >= 15 is 0 Å². The number of likely N-dealkylation sites (tertiary alicyclic amines) is 1. The molecule has 0 radical (unpaired) electrons. The van der Waals surface area contributed by atoms with Gasteiger partial charge in [0, 0.05) is 29.6 Å². The second-order valence-corrected chi connectivity index (χ2v) is 8.61. The van der Waals surface area contributed by atoms with Gasteiger partial charge in [0.15, 0.2) is 17.1 Å². The van der Waals surface area contributed by atoms with Gasteiger partial charge in [-0.25, -0.2) is 4.98 Å². The van der Waals surface area contributed by atoms with E-state index in [1.54, 1.807) is 25.6 Å². The summed E-state index contributed by atoms with van der Waals surface area (Å²) < 4.78 is 12.9. The predicted molar refractivity (Wildman–Crippen MR) is 121 cm³/mol. The summed E-state index contributed by atoms with van der Waals surface area (Å²) in [7, 11) is 3.30. The summed E-state index contributed by atoms with van der Waals surface area (Å²) >= 11 is 1.67. The highest BCUT2D eigenvalue weighted by Crippen LogP contribution is 2.34. The number of pyridine rings is 1. The maximum Gasteiger partial charge on any atom is 0.161 e. The number of piperidine rings is 1. The molecule has 1 saturated heterocycles. The minimum absolute atomic E-state index is 0.450. The fourth-order valence-electron chi connectivity index (χ4n) is 4.20. The Balaban J connectivity index is 1.23. The number of nitrogens with zero attached hydrogens (tertiary/aromatic N) is 5. The maximum absolute atomic E-state index is 5.43. The fraction of sp³-hybridized carbons (Fsp3) is 0.348. The highest BCUT2D eigenvalue weighted by molar-refractivity contribution is 7.13. The largest absolute Gasteiger partial charge is 0.493 e. The number of ether oxygens (including phenoxy) is 2. The fourth-order valence-corrected chi connectivity index (χ4v) is 5.01. The van der Waals surface area contributed by atoms with Gasteiger partial charge in [-0.1, -0.05) is 6.07 Å². The molecule has 0 amide bonds. The van der Waals surface area contributed by atoms with Crippen molar-refractivity contribution in [3.8, 4) is 22.1 Å². The van der Waals surface area contributed by atoms with Crippen molar-refractivity contribution in [1.82, 2.24) is 24.5 Å². The predicted octanol–water partition coefficient (Wildman–Crippen LogP) is 4.25. The van der Waals surface area contributed by atoms with Crippen LogP contribution in [0.4, 0.5) is 0 Å². The van der Waals surface area contributed by atoms with Crippen LogP contribution >= 0.6 is 11.3 Å². The van der Waals surface area contributed by atoms with Crippen LogP contribution in [0, 0.1) is 0 Å². The lowest BCUT2D eigenvalue weighted by molar-refractivity contribution is 0.199. The minimum atomic E-state index is 0.450. The Morgan fingerprint density at radius 2 is 1.87 bits per heavy atom. The molecule has 0 aliphatic carbocycles. The molecule has 3 aromatic heterocycles. The molecular formula is C23H25N5O2S. The van der Waals surface area contributed by atoms with Gasteiger partial charge in [-0.2, -0.15) is 0 Å². The lowest BCUT2D eigenvalue weighted by atomic mass is 9.96. The Kier molecular flexibility index (Phi) is 5.57. The number of hydrogen-bond acceptors (Lipinski definition) is 7.